The summed E-state index contributed by atoms with van der Waals surface area (Å²) in [5.41, 5.74) is 6.63. The van der Waals surface area contributed by atoms with E-state index < -0.39 is 0 Å². The maximum Gasteiger partial charge on any atom is 0.227 e. The number of nitrogens with one attached hydrogen (secondary N) is 2. The highest BCUT2D eigenvalue weighted by Crippen LogP contribution is 2.34. The van der Waals surface area contributed by atoms with Gasteiger partial charge in [-0.3, -0.25) is 4.79 Å². The lowest BCUT2D eigenvalue weighted by Crippen LogP contribution is -2.54. The zero-order chi connectivity index (χ0) is 23.2. The van der Waals surface area contributed by atoms with Crippen LogP contribution in [0.1, 0.15) is 12.5 Å². The first-order chi connectivity index (χ1) is 16.6. The molecule has 2 aromatic carbocycles. The summed E-state index contributed by atoms with van der Waals surface area (Å²) >= 11 is 7.79. The number of thiazole rings is 1. The minimum absolute atomic E-state index is 0.0840. The smallest absolute Gasteiger partial charge is 0.227 e. The van der Waals surface area contributed by atoms with Gasteiger partial charge in [0.25, 0.3) is 0 Å². The number of aromatic amines is 2. The molecule has 0 unspecified atom stereocenters. The van der Waals surface area contributed by atoms with Crippen molar-refractivity contribution in [2.75, 3.05) is 24.5 Å². The van der Waals surface area contributed by atoms with Gasteiger partial charge >= 0.3 is 0 Å². The lowest BCUT2D eigenvalue weighted by Gasteiger charge is -2.40. The van der Waals surface area contributed by atoms with Gasteiger partial charge in [-0.05, 0) is 42.8 Å². The molecule has 3 aromatic heterocycles. The molecule has 1 saturated heterocycles. The van der Waals surface area contributed by atoms with Crippen LogP contribution in [0, 0.1) is 0 Å². The van der Waals surface area contributed by atoms with Gasteiger partial charge in [-0.2, -0.15) is 0 Å². The number of anilines is 1. The number of halogens is 1. The highest BCUT2D eigenvalue weighted by Gasteiger charge is 2.30. The van der Waals surface area contributed by atoms with Crippen LogP contribution in [0.15, 0.2) is 54.2 Å². The summed E-state index contributed by atoms with van der Waals surface area (Å²) in [6.45, 7) is 4.28. The standard InChI is InChI=1S/C25H23ClN6OS/c1-15-13-31(25-23(28-14-34-25)24-29-20-4-2-3-5-21(20)30-24)8-9-32(15)22(33)10-16-12-27-19-7-6-17(26)11-18(16)19/h2-7,11-12,14-15,27H,8-10,13H2,1H3,(H,29,30)/t15-/m1/s1. The lowest BCUT2D eigenvalue weighted by molar-refractivity contribution is -0.132. The van der Waals surface area contributed by atoms with Crippen molar-refractivity contribution in [1.29, 1.82) is 0 Å². The molecule has 0 aliphatic carbocycles. The Kier molecular flexibility index (Phi) is 5.27. The average Bonchev–Trinajstić information content (AvgIpc) is 3.57. The number of nitrogens with zero attached hydrogens (tertiary/aromatic N) is 4. The van der Waals surface area contributed by atoms with Crippen molar-refractivity contribution in [2.45, 2.75) is 19.4 Å². The van der Waals surface area contributed by atoms with Crippen molar-refractivity contribution in [3.63, 3.8) is 0 Å². The first-order valence-electron chi connectivity index (χ1n) is 11.3. The molecule has 7 nitrogen and oxygen atoms in total. The first kappa shape index (κ1) is 21.2. The van der Waals surface area contributed by atoms with E-state index in [9.17, 15) is 4.79 Å². The number of para-hydroxylation sites is 2. The monoisotopic (exact) mass is 490 g/mol. The molecule has 1 amide bonds. The SMILES string of the molecule is C[C@@H]1CN(c2scnc2-c2nc3ccccc3[nH]2)CCN1C(=O)Cc1c[nH]c2ccc(Cl)cc12. The van der Waals surface area contributed by atoms with Crippen LogP contribution in [0.5, 0.6) is 0 Å². The van der Waals surface area contributed by atoms with Crippen molar-refractivity contribution < 1.29 is 4.79 Å². The molecule has 2 N–H and O–H groups in total. The Labute approximate surface area is 205 Å². The lowest BCUT2D eigenvalue weighted by atomic mass is 10.1. The van der Waals surface area contributed by atoms with Gasteiger partial charge in [0.1, 0.15) is 10.7 Å². The van der Waals surface area contributed by atoms with E-state index >= 15 is 0 Å². The Bertz CT molecular complexity index is 1470. The molecule has 1 aliphatic rings. The van der Waals surface area contributed by atoms with Gasteiger partial charge in [-0.15, -0.1) is 11.3 Å². The highest BCUT2D eigenvalue weighted by atomic mass is 35.5. The number of benzene rings is 2. The summed E-state index contributed by atoms with van der Waals surface area (Å²) in [4.78, 5) is 33.5. The second-order valence-corrected chi connectivity index (χ2v) is 9.94. The number of amides is 1. The van der Waals surface area contributed by atoms with Gasteiger partial charge < -0.3 is 19.8 Å². The molecule has 0 radical (unpaired) electrons. The van der Waals surface area contributed by atoms with E-state index in [-0.39, 0.29) is 11.9 Å². The molecule has 1 fully saturated rings. The maximum absolute atomic E-state index is 13.2. The van der Waals surface area contributed by atoms with Crippen molar-refractivity contribution in [3.8, 4) is 11.5 Å². The van der Waals surface area contributed by atoms with Crippen molar-refractivity contribution in [2.24, 2.45) is 0 Å². The number of fused-ring (bicyclic) bond motifs is 2. The molecule has 9 heteroatoms. The van der Waals surface area contributed by atoms with Gasteiger partial charge in [-0.1, -0.05) is 23.7 Å². The third-order valence-electron chi connectivity index (χ3n) is 6.47. The second kappa shape index (κ2) is 8.45. The minimum Gasteiger partial charge on any atom is -0.361 e. The van der Waals surface area contributed by atoms with Crippen LogP contribution in [-0.4, -0.2) is 56.4 Å². The fourth-order valence-electron chi connectivity index (χ4n) is 4.77. The minimum atomic E-state index is 0.0840. The third kappa shape index (κ3) is 3.73. The zero-order valence-electron chi connectivity index (χ0n) is 18.6. The predicted octanol–water partition coefficient (Wildman–Crippen LogP) is 5.10. The molecule has 0 spiro atoms. The van der Waals surface area contributed by atoms with Gasteiger partial charge in [0.15, 0.2) is 5.82 Å². The fraction of sp³-hybridized carbons (Fsp3) is 0.240. The Balaban J connectivity index is 1.18. The Morgan fingerprint density at radius 2 is 2.09 bits per heavy atom. The van der Waals surface area contributed by atoms with Gasteiger partial charge in [-0.25, -0.2) is 9.97 Å². The molecule has 0 bridgehead atoms. The summed E-state index contributed by atoms with van der Waals surface area (Å²) in [5, 5.41) is 2.77. The molecule has 4 heterocycles. The van der Waals surface area contributed by atoms with Crippen LogP contribution in [-0.2, 0) is 11.2 Å². The highest BCUT2D eigenvalue weighted by molar-refractivity contribution is 7.14. The largest absolute Gasteiger partial charge is 0.361 e. The summed E-state index contributed by atoms with van der Waals surface area (Å²) in [5.74, 6) is 0.913. The molecule has 0 saturated carbocycles. The molecule has 6 rings (SSSR count). The Morgan fingerprint density at radius 3 is 2.94 bits per heavy atom. The van der Waals surface area contributed by atoms with E-state index in [0.717, 1.165) is 57.1 Å². The number of piperazine rings is 1. The van der Waals surface area contributed by atoms with Gasteiger partial charge in [0.2, 0.25) is 5.91 Å². The van der Waals surface area contributed by atoms with E-state index in [1.165, 1.54) is 0 Å². The quantitative estimate of drug-likeness (QED) is 0.367. The number of imidazole rings is 1. The predicted molar refractivity (Wildman–Crippen MR) is 138 cm³/mol. The molecule has 5 aromatic rings. The zero-order valence-corrected chi connectivity index (χ0v) is 20.2. The Hall–Kier alpha value is -3.36. The number of hydrogen-bond acceptors (Lipinski definition) is 5. The van der Waals surface area contributed by atoms with Crippen molar-refractivity contribution in [1.82, 2.24) is 24.8 Å². The summed E-state index contributed by atoms with van der Waals surface area (Å²) in [6, 6.07) is 13.8. The fourth-order valence-corrected chi connectivity index (χ4v) is 5.77. The van der Waals surface area contributed by atoms with E-state index in [1.807, 2.05) is 59.1 Å². The normalized spacial score (nSPS) is 16.6. The number of hydrogen-bond donors (Lipinski definition) is 2. The van der Waals surface area contributed by atoms with Crippen LogP contribution >= 0.6 is 22.9 Å². The molecule has 1 atom stereocenters. The average molecular weight is 491 g/mol. The number of carbonyl (C=O) groups is 1. The van der Waals surface area contributed by atoms with Crippen molar-refractivity contribution >= 4 is 55.8 Å². The van der Waals surface area contributed by atoms with E-state index in [1.54, 1.807) is 11.3 Å². The third-order valence-corrected chi connectivity index (χ3v) is 7.59. The topological polar surface area (TPSA) is 80.9 Å². The van der Waals surface area contributed by atoms with Gasteiger partial charge in [0, 0.05) is 47.8 Å². The van der Waals surface area contributed by atoms with Crippen LogP contribution in [0.2, 0.25) is 5.02 Å². The summed E-state index contributed by atoms with van der Waals surface area (Å²) < 4.78 is 0. The van der Waals surface area contributed by atoms with Crippen LogP contribution < -0.4 is 4.90 Å². The molecule has 172 valence electrons. The van der Waals surface area contributed by atoms with Crippen LogP contribution in [0.3, 0.4) is 0 Å². The van der Waals surface area contributed by atoms with Gasteiger partial charge in [0.05, 0.1) is 23.0 Å². The molecular weight excluding hydrogens is 468 g/mol. The molecule has 1 aliphatic heterocycles. The summed E-state index contributed by atoms with van der Waals surface area (Å²) in [7, 11) is 0. The van der Waals surface area contributed by atoms with E-state index in [0.29, 0.717) is 18.0 Å². The van der Waals surface area contributed by atoms with E-state index in [4.69, 9.17) is 16.6 Å². The van der Waals surface area contributed by atoms with Crippen LogP contribution in [0.4, 0.5) is 5.00 Å². The second-order valence-electron chi connectivity index (χ2n) is 8.67. The number of aromatic nitrogens is 4. The molecular formula is C25H23ClN6OS. The Morgan fingerprint density at radius 1 is 1.21 bits per heavy atom. The number of rotatable bonds is 4. The number of H-pyrrole nitrogens is 2. The maximum atomic E-state index is 13.2. The van der Waals surface area contributed by atoms with E-state index in [2.05, 4.69) is 26.8 Å². The van der Waals surface area contributed by atoms with Crippen molar-refractivity contribution in [3.05, 3.63) is 64.8 Å². The number of carbonyl (C=O) groups excluding carboxylic acids is 1. The van der Waals surface area contributed by atoms with Crippen LogP contribution in [0.25, 0.3) is 33.5 Å². The first-order valence-corrected chi connectivity index (χ1v) is 12.5. The molecule has 34 heavy (non-hydrogen) atoms. The summed E-state index contributed by atoms with van der Waals surface area (Å²) in [6.07, 6.45) is 2.27.